The largest absolute Gasteiger partial charge is 0.305 e. The number of halogens is 1. The molecular formula is C32H27ClN4O4. The first-order chi connectivity index (χ1) is 19.5. The molecule has 1 saturated carbocycles. The Morgan fingerprint density at radius 2 is 1.41 bits per heavy atom. The van der Waals surface area contributed by atoms with Gasteiger partial charge >= 0.3 is 0 Å². The van der Waals surface area contributed by atoms with Crippen molar-refractivity contribution in [1.82, 2.24) is 9.88 Å². The van der Waals surface area contributed by atoms with Crippen LogP contribution in [0, 0.1) is 5.92 Å². The van der Waals surface area contributed by atoms with Gasteiger partial charge in [-0.25, -0.2) is 0 Å². The lowest BCUT2D eigenvalue weighted by molar-refractivity contribution is -0.123. The molecule has 1 aliphatic carbocycles. The molecule has 8 nitrogen and oxygen atoms in total. The molecular weight excluding hydrogens is 540 g/mol. The molecule has 4 amide bonds. The number of pyridine rings is 1. The molecule has 9 heteroatoms. The molecule has 41 heavy (non-hydrogen) atoms. The van der Waals surface area contributed by atoms with Gasteiger partial charge in [0.1, 0.15) is 6.54 Å². The van der Waals surface area contributed by atoms with E-state index in [4.69, 9.17) is 4.98 Å². The second-order valence-corrected chi connectivity index (χ2v) is 10.5. The number of fused-ring (bicyclic) bond motifs is 4. The van der Waals surface area contributed by atoms with Crippen molar-refractivity contribution in [2.45, 2.75) is 31.8 Å². The summed E-state index contributed by atoms with van der Waals surface area (Å²) in [6.07, 6.45) is 2.14. The van der Waals surface area contributed by atoms with E-state index >= 15 is 0 Å². The molecule has 0 bridgehead atoms. The monoisotopic (exact) mass is 566 g/mol. The van der Waals surface area contributed by atoms with E-state index in [0.29, 0.717) is 35.3 Å². The Hall–Kier alpha value is -4.56. The lowest BCUT2D eigenvalue weighted by atomic mass is 10.0. The molecule has 0 radical (unpaired) electrons. The highest BCUT2D eigenvalue weighted by Gasteiger charge is 2.47. The van der Waals surface area contributed by atoms with Gasteiger partial charge in [0.05, 0.1) is 46.2 Å². The topological polar surface area (TPSA) is 90.9 Å². The SMILES string of the molecule is Cl.O=C1c2ccccc2C(=O)N1CC(=O)N1c2ccccc2N(Cc2ccc3ccccc3n2)C(=O)C2CCCC21. The first-order valence-corrected chi connectivity index (χ1v) is 13.5. The first kappa shape index (κ1) is 26.7. The molecule has 1 fully saturated rings. The lowest BCUT2D eigenvalue weighted by Crippen LogP contribution is -2.49. The van der Waals surface area contributed by atoms with Gasteiger partial charge in [0.15, 0.2) is 0 Å². The zero-order valence-electron chi connectivity index (χ0n) is 22.1. The Bertz CT molecular complexity index is 1690. The molecule has 3 heterocycles. The van der Waals surface area contributed by atoms with Crippen molar-refractivity contribution in [3.05, 3.63) is 102 Å². The average molecular weight is 567 g/mol. The van der Waals surface area contributed by atoms with E-state index in [1.807, 2.05) is 60.7 Å². The maximum Gasteiger partial charge on any atom is 0.262 e. The van der Waals surface area contributed by atoms with E-state index in [1.54, 1.807) is 34.1 Å². The molecule has 7 rings (SSSR count). The fraction of sp³-hybridized carbons (Fsp3) is 0.219. The van der Waals surface area contributed by atoms with E-state index in [1.165, 1.54) is 0 Å². The van der Waals surface area contributed by atoms with Crippen LogP contribution in [0.5, 0.6) is 0 Å². The number of aromatic nitrogens is 1. The normalized spacial score (nSPS) is 19.5. The molecule has 206 valence electrons. The minimum Gasteiger partial charge on any atom is -0.305 e. The van der Waals surface area contributed by atoms with Crippen molar-refractivity contribution in [2.75, 3.05) is 16.3 Å². The zero-order valence-corrected chi connectivity index (χ0v) is 22.9. The summed E-state index contributed by atoms with van der Waals surface area (Å²) in [6, 6.07) is 25.4. The molecule has 3 aliphatic rings. The van der Waals surface area contributed by atoms with Crippen molar-refractivity contribution in [3.8, 4) is 0 Å². The third kappa shape index (κ3) is 4.35. The second-order valence-electron chi connectivity index (χ2n) is 10.5. The summed E-state index contributed by atoms with van der Waals surface area (Å²) in [7, 11) is 0. The third-order valence-corrected chi connectivity index (χ3v) is 8.24. The number of carbonyl (C=O) groups is 4. The van der Waals surface area contributed by atoms with Crippen LogP contribution in [-0.2, 0) is 16.1 Å². The minimum absolute atomic E-state index is 0. The summed E-state index contributed by atoms with van der Waals surface area (Å²) in [5, 5.41) is 1.02. The molecule has 2 aliphatic heterocycles. The Morgan fingerprint density at radius 1 is 0.756 bits per heavy atom. The number of amides is 4. The molecule has 1 aromatic heterocycles. The van der Waals surface area contributed by atoms with Gasteiger partial charge in [-0.15, -0.1) is 12.4 Å². The van der Waals surface area contributed by atoms with Gasteiger partial charge < -0.3 is 9.80 Å². The van der Waals surface area contributed by atoms with Gasteiger partial charge in [0.25, 0.3) is 11.8 Å². The van der Waals surface area contributed by atoms with Crippen molar-refractivity contribution in [1.29, 1.82) is 0 Å². The lowest BCUT2D eigenvalue weighted by Gasteiger charge is -2.31. The van der Waals surface area contributed by atoms with E-state index < -0.39 is 11.8 Å². The average Bonchev–Trinajstić information content (AvgIpc) is 3.53. The predicted molar refractivity (Wildman–Crippen MR) is 157 cm³/mol. The quantitative estimate of drug-likeness (QED) is 0.324. The van der Waals surface area contributed by atoms with Crippen LogP contribution < -0.4 is 9.80 Å². The summed E-state index contributed by atoms with van der Waals surface area (Å²) in [5.41, 5.74) is 3.44. The van der Waals surface area contributed by atoms with E-state index in [9.17, 15) is 19.2 Å². The second kappa shape index (κ2) is 10.4. The standard InChI is InChI=1S/C32H26N4O4.ClH/c37-29(19-35-30(38)22-9-2-3-10-23(22)31(35)39)36-26-15-7-11-24(26)32(40)34(27-13-5-6-14-28(27)36)18-21-17-16-20-8-1-4-12-25(20)33-21;/h1-6,8-10,12-14,16-17,24,26H,7,11,15,18-19H2;1H. The Balaban J connectivity index is 0.00000302. The summed E-state index contributed by atoms with van der Waals surface area (Å²) in [5.74, 6) is -1.75. The van der Waals surface area contributed by atoms with Gasteiger partial charge in [-0.1, -0.05) is 55.0 Å². The van der Waals surface area contributed by atoms with Gasteiger partial charge in [-0.3, -0.25) is 29.1 Å². The molecule has 3 aromatic carbocycles. The number of anilines is 2. The van der Waals surface area contributed by atoms with Crippen LogP contribution in [0.25, 0.3) is 10.9 Å². The number of carbonyl (C=O) groups excluding carboxylic acids is 4. The zero-order chi connectivity index (χ0) is 27.4. The Kier molecular flexibility index (Phi) is 6.79. The first-order valence-electron chi connectivity index (χ1n) is 13.5. The van der Waals surface area contributed by atoms with Crippen LogP contribution >= 0.6 is 12.4 Å². The van der Waals surface area contributed by atoms with Gasteiger partial charge in [-0.2, -0.15) is 0 Å². The van der Waals surface area contributed by atoms with Crippen LogP contribution in [0.2, 0.25) is 0 Å². The number of para-hydroxylation sites is 3. The Morgan fingerprint density at radius 3 is 2.17 bits per heavy atom. The molecule has 2 unspecified atom stereocenters. The minimum atomic E-state index is -0.472. The van der Waals surface area contributed by atoms with Crippen molar-refractivity contribution in [3.63, 3.8) is 0 Å². The smallest absolute Gasteiger partial charge is 0.262 e. The van der Waals surface area contributed by atoms with Crippen molar-refractivity contribution < 1.29 is 19.2 Å². The summed E-state index contributed by atoms with van der Waals surface area (Å²) in [4.78, 5) is 63.4. The summed E-state index contributed by atoms with van der Waals surface area (Å²) in [6.45, 7) is -0.116. The highest BCUT2D eigenvalue weighted by atomic mass is 35.5. The van der Waals surface area contributed by atoms with Crippen molar-refractivity contribution in [2.24, 2.45) is 5.92 Å². The Labute approximate surface area is 243 Å². The number of benzene rings is 3. The summed E-state index contributed by atoms with van der Waals surface area (Å²) >= 11 is 0. The van der Waals surface area contributed by atoms with E-state index in [0.717, 1.165) is 27.9 Å². The predicted octanol–water partition coefficient (Wildman–Crippen LogP) is 5.00. The third-order valence-electron chi connectivity index (χ3n) is 8.24. The van der Waals surface area contributed by atoms with Gasteiger partial charge in [0.2, 0.25) is 11.8 Å². The molecule has 0 saturated heterocycles. The highest BCUT2D eigenvalue weighted by Crippen LogP contribution is 2.43. The fourth-order valence-corrected chi connectivity index (χ4v) is 6.37. The summed E-state index contributed by atoms with van der Waals surface area (Å²) < 4.78 is 0. The van der Waals surface area contributed by atoms with Gasteiger partial charge in [-0.05, 0) is 49.2 Å². The van der Waals surface area contributed by atoms with E-state index in [-0.39, 0.29) is 49.3 Å². The van der Waals surface area contributed by atoms with Crippen LogP contribution in [0.15, 0.2) is 84.9 Å². The maximum absolute atomic E-state index is 14.1. The van der Waals surface area contributed by atoms with Crippen LogP contribution in [0.1, 0.15) is 45.7 Å². The van der Waals surface area contributed by atoms with Crippen LogP contribution in [-0.4, -0.2) is 46.1 Å². The molecule has 2 atom stereocenters. The highest BCUT2D eigenvalue weighted by molar-refractivity contribution is 6.23. The van der Waals surface area contributed by atoms with Crippen molar-refractivity contribution >= 4 is 58.3 Å². The van der Waals surface area contributed by atoms with Crippen LogP contribution in [0.4, 0.5) is 11.4 Å². The molecule has 0 spiro atoms. The number of hydrogen-bond acceptors (Lipinski definition) is 5. The number of nitrogens with zero attached hydrogens (tertiary/aromatic N) is 4. The van der Waals surface area contributed by atoms with Crippen LogP contribution in [0.3, 0.4) is 0 Å². The molecule has 0 N–H and O–H groups in total. The molecule has 4 aromatic rings. The fourth-order valence-electron chi connectivity index (χ4n) is 6.37. The maximum atomic E-state index is 14.1. The number of hydrogen-bond donors (Lipinski definition) is 0. The van der Waals surface area contributed by atoms with Gasteiger partial charge in [0, 0.05) is 11.4 Å². The van der Waals surface area contributed by atoms with E-state index in [2.05, 4.69) is 0 Å². The number of imide groups is 1. The number of rotatable bonds is 4.